The maximum Gasteiger partial charge on any atom is 0.265 e. The molecule has 0 aliphatic carbocycles. The van der Waals surface area contributed by atoms with Crippen molar-refractivity contribution in [3.63, 3.8) is 0 Å². The second-order valence-electron chi connectivity index (χ2n) is 3.93. The molecule has 0 radical (unpaired) electrons. The van der Waals surface area contributed by atoms with Gasteiger partial charge in [0.15, 0.2) is 0 Å². The summed E-state index contributed by atoms with van der Waals surface area (Å²) in [7, 11) is 0. The van der Waals surface area contributed by atoms with E-state index in [1.54, 1.807) is 24.3 Å². The van der Waals surface area contributed by atoms with Crippen LogP contribution in [0, 0.1) is 23.2 Å². The fraction of sp³-hybridized carbons (Fsp3) is 0.0667. The summed E-state index contributed by atoms with van der Waals surface area (Å²) in [6.07, 6.45) is 0. The van der Waals surface area contributed by atoms with Crippen LogP contribution in [0.2, 0.25) is 5.02 Å². The summed E-state index contributed by atoms with van der Waals surface area (Å²) >= 11 is 7.29. The number of nitrogens with one attached hydrogen (secondary N) is 1. The quantitative estimate of drug-likeness (QED) is 0.836. The van der Waals surface area contributed by atoms with Crippen molar-refractivity contribution in [3.8, 4) is 17.9 Å². The SMILES string of the molecule is N#Cc1ccc(NC(=O)c2ccc(C#CCN)s2)c(Cl)c1. The molecule has 2 rings (SSSR count). The molecule has 0 unspecified atom stereocenters. The van der Waals surface area contributed by atoms with Crippen molar-refractivity contribution >= 4 is 34.5 Å². The number of nitriles is 1. The maximum atomic E-state index is 12.1. The molecule has 4 nitrogen and oxygen atoms in total. The lowest BCUT2D eigenvalue weighted by molar-refractivity contribution is 0.103. The Kier molecular flexibility index (Phi) is 4.97. The molecule has 104 valence electrons. The fourth-order valence-electron chi connectivity index (χ4n) is 1.54. The fourth-order valence-corrected chi connectivity index (χ4v) is 2.54. The lowest BCUT2D eigenvalue weighted by Gasteiger charge is -2.05. The van der Waals surface area contributed by atoms with Crippen molar-refractivity contribution in [2.75, 3.05) is 11.9 Å². The molecule has 21 heavy (non-hydrogen) atoms. The van der Waals surface area contributed by atoms with Crippen molar-refractivity contribution < 1.29 is 4.79 Å². The summed E-state index contributed by atoms with van der Waals surface area (Å²) in [6, 6.07) is 10.1. The van der Waals surface area contributed by atoms with Gasteiger partial charge in [-0.2, -0.15) is 5.26 Å². The Bertz CT molecular complexity index is 780. The van der Waals surface area contributed by atoms with Gasteiger partial charge in [-0.1, -0.05) is 23.4 Å². The van der Waals surface area contributed by atoms with Crippen LogP contribution in [0.5, 0.6) is 0 Å². The van der Waals surface area contributed by atoms with E-state index in [1.807, 2.05) is 6.07 Å². The number of hydrogen-bond donors (Lipinski definition) is 2. The summed E-state index contributed by atoms with van der Waals surface area (Å²) in [5.74, 6) is 5.33. The second-order valence-corrected chi connectivity index (χ2v) is 5.42. The summed E-state index contributed by atoms with van der Waals surface area (Å²) in [4.78, 5) is 13.4. The van der Waals surface area contributed by atoms with Crippen molar-refractivity contribution in [1.29, 1.82) is 5.26 Å². The molecule has 0 saturated heterocycles. The summed E-state index contributed by atoms with van der Waals surface area (Å²) < 4.78 is 0. The number of hydrogen-bond acceptors (Lipinski definition) is 4. The zero-order chi connectivity index (χ0) is 15.2. The molecule has 3 N–H and O–H groups in total. The van der Waals surface area contributed by atoms with E-state index < -0.39 is 0 Å². The van der Waals surface area contributed by atoms with Gasteiger partial charge in [-0.25, -0.2) is 0 Å². The molecule has 0 bridgehead atoms. The lowest BCUT2D eigenvalue weighted by Crippen LogP contribution is -2.10. The van der Waals surface area contributed by atoms with Crippen LogP contribution < -0.4 is 11.1 Å². The first-order valence-corrected chi connectivity index (χ1v) is 7.13. The molecule has 0 atom stereocenters. The Balaban J connectivity index is 2.15. The van der Waals surface area contributed by atoms with E-state index in [1.165, 1.54) is 17.4 Å². The first-order chi connectivity index (χ1) is 10.1. The van der Waals surface area contributed by atoms with E-state index in [9.17, 15) is 4.79 Å². The molecule has 0 saturated carbocycles. The van der Waals surface area contributed by atoms with E-state index in [4.69, 9.17) is 22.6 Å². The number of carbonyl (C=O) groups is 1. The van der Waals surface area contributed by atoms with Gasteiger partial charge in [0.05, 0.1) is 38.6 Å². The monoisotopic (exact) mass is 315 g/mol. The lowest BCUT2D eigenvalue weighted by atomic mass is 10.2. The number of rotatable bonds is 2. The Morgan fingerprint density at radius 3 is 2.86 bits per heavy atom. The number of carbonyl (C=O) groups excluding carboxylic acids is 1. The molecule has 1 aromatic heterocycles. The number of nitrogens with zero attached hydrogens (tertiary/aromatic N) is 1. The van der Waals surface area contributed by atoms with Gasteiger partial charge in [0.1, 0.15) is 0 Å². The molecule has 0 aliphatic rings. The minimum absolute atomic E-state index is 0.271. The van der Waals surface area contributed by atoms with E-state index in [2.05, 4.69) is 17.2 Å². The van der Waals surface area contributed by atoms with Crippen molar-refractivity contribution in [2.24, 2.45) is 5.73 Å². The summed E-state index contributed by atoms with van der Waals surface area (Å²) in [6.45, 7) is 0.278. The third-order valence-electron chi connectivity index (χ3n) is 2.49. The van der Waals surface area contributed by atoms with Crippen molar-refractivity contribution in [3.05, 3.63) is 50.7 Å². The Hall–Kier alpha value is -2.31. The molecule has 0 aliphatic heterocycles. The van der Waals surface area contributed by atoms with Crippen molar-refractivity contribution in [1.82, 2.24) is 0 Å². The number of thiophene rings is 1. The van der Waals surface area contributed by atoms with E-state index in [0.717, 1.165) is 4.88 Å². The highest BCUT2D eigenvalue weighted by atomic mass is 35.5. The predicted molar refractivity (Wildman–Crippen MR) is 84.4 cm³/mol. The highest BCUT2D eigenvalue weighted by Crippen LogP contribution is 2.24. The highest BCUT2D eigenvalue weighted by molar-refractivity contribution is 7.14. The van der Waals surface area contributed by atoms with Gasteiger partial charge in [-0.05, 0) is 30.3 Å². The number of nitrogens with two attached hydrogens (primary N) is 1. The zero-order valence-corrected chi connectivity index (χ0v) is 12.4. The normalized spacial score (nSPS) is 9.38. The van der Waals surface area contributed by atoms with E-state index in [0.29, 0.717) is 21.2 Å². The molecular formula is C15H10ClN3OS. The van der Waals surface area contributed by atoms with Gasteiger partial charge >= 0.3 is 0 Å². The first-order valence-electron chi connectivity index (χ1n) is 5.94. The molecule has 6 heteroatoms. The van der Waals surface area contributed by atoms with E-state index in [-0.39, 0.29) is 12.5 Å². The number of benzene rings is 1. The van der Waals surface area contributed by atoms with Gasteiger partial charge in [-0.3, -0.25) is 4.79 Å². The first kappa shape index (κ1) is 15.1. The highest BCUT2D eigenvalue weighted by Gasteiger charge is 2.11. The third-order valence-corrected chi connectivity index (χ3v) is 3.80. The Morgan fingerprint density at radius 2 is 2.19 bits per heavy atom. The Morgan fingerprint density at radius 1 is 1.38 bits per heavy atom. The van der Waals surface area contributed by atoms with Crippen LogP contribution in [0.25, 0.3) is 0 Å². The molecule has 0 fully saturated rings. The van der Waals surface area contributed by atoms with Crippen LogP contribution in [0.4, 0.5) is 5.69 Å². The summed E-state index contributed by atoms with van der Waals surface area (Å²) in [5, 5.41) is 11.8. The van der Waals surface area contributed by atoms with Crippen LogP contribution >= 0.6 is 22.9 Å². The van der Waals surface area contributed by atoms with Gasteiger partial charge in [0.25, 0.3) is 5.91 Å². The minimum Gasteiger partial charge on any atom is -0.320 e. The molecular weight excluding hydrogens is 306 g/mol. The van der Waals surface area contributed by atoms with Crippen LogP contribution in [0.1, 0.15) is 20.1 Å². The standard InChI is InChI=1S/C15H10ClN3OS/c16-12-8-10(9-18)3-5-13(12)19-15(20)14-6-4-11(21-14)2-1-7-17/h3-6,8H,7,17H2,(H,19,20). The third kappa shape index (κ3) is 3.84. The Labute approximate surface area is 131 Å². The average Bonchev–Trinajstić information content (AvgIpc) is 2.96. The van der Waals surface area contributed by atoms with Gasteiger partial charge in [0.2, 0.25) is 0 Å². The molecule has 0 spiro atoms. The van der Waals surface area contributed by atoms with Gasteiger partial charge in [-0.15, -0.1) is 11.3 Å². The topological polar surface area (TPSA) is 78.9 Å². The van der Waals surface area contributed by atoms with Gasteiger partial charge in [0, 0.05) is 0 Å². The minimum atomic E-state index is -0.271. The number of anilines is 1. The smallest absolute Gasteiger partial charge is 0.265 e. The van der Waals surface area contributed by atoms with Crippen LogP contribution in [0.15, 0.2) is 30.3 Å². The predicted octanol–water partition coefficient (Wildman–Crippen LogP) is 2.84. The second kappa shape index (κ2) is 6.92. The molecule has 1 aromatic carbocycles. The summed E-state index contributed by atoms with van der Waals surface area (Å²) in [5.41, 5.74) is 6.20. The maximum absolute atomic E-state index is 12.1. The van der Waals surface area contributed by atoms with Crippen LogP contribution in [-0.4, -0.2) is 12.5 Å². The van der Waals surface area contributed by atoms with Crippen molar-refractivity contribution in [2.45, 2.75) is 0 Å². The number of halogens is 1. The number of amides is 1. The molecule has 1 amide bonds. The molecule has 1 heterocycles. The van der Waals surface area contributed by atoms with Crippen LogP contribution in [0.3, 0.4) is 0 Å². The van der Waals surface area contributed by atoms with Gasteiger partial charge < -0.3 is 11.1 Å². The van der Waals surface area contributed by atoms with E-state index >= 15 is 0 Å². The van der Waals surface area contributed by atoms with Crippen LogP contribution in [-0.2, 0) is 0 Å². The average molecular weight is 316 g/mol. The molecule has 2 aromatic rings. The zero-order valence-electron chi connectivity index (χ0n) is 10.8. The largest absolute Gasteiger partial charge is 0.320 e.